The van der Waals surface area contributed by atoms with Crippen molar-refractivity contribution >= 4 is 33.6 Å². The van der Waals surface area contributed by atoms with E-state index in [4.69, 9.17) is 0 Å². The SMILES string of the molecule is Cc1cc(SCC(=O)NC(CO)(CO)CO)c(C)cc1Br. The summed E-state index contributed by atoms with van der Waals surface area (Å²) in [4.78, 5) is 12.9. The van der Waals surface area contributed by atoms with Crippen LogP contribution < -0.4 is 5.32 Å². The maximum absolute atomic E-state index is 11.9. The van der Waals surface area contributed by atoms with Crippen LogP contribution in [0, 0.1) is 13.8 Å². The van der Waals surface area contributed by atoms with Gasteiger partial charge < -0.3 is 20.6 Å². The normalized spacial score (nSPS) is 11.5. The zero-order valence-corrected chi connectivity index (χ0v) is 14.4. The molecule has 0 spiro atoms. The van der Waals surface area contributed by atoms with Crippen LogP contribution in [-0.2, 0) is 4.79 Å². The van der Waals surface area contributed by atoms with Gasteiger partial charge in [0.25, 0.3) is 0 Å². The summed E-state index contributed by atoms with van der Waals surface area (Å²) < 4.78 is 1.02. The molecule has 1 amide bonds. The smallest absolute Gasteiger partial charge is 0.231 e. The van der Waals surface area contributed by atoms with E-state index >= 15 is 0 Å². The minimum atomic E-state index is -1.37. The number of halogens is 1. The molecule has 0 saturated heterocycles. The molecule has 4 N–H and O–H groups in total. The summed E-state index contributed by atoms with van der Waals surface area (Å²) in [5, 5.41) is 30.0. The van der Waals surface area contributed by atoms with Crippen molar-refractivity contribution in [3.05, 3.63) is 27.7 Å². The van der Waals surface area contributed by atoms with Crippen molar-refractivity contribution in [2.75, 3.05) is 25.6 Å². The molecular weight excluding hydrogens is 358 g/mol. The van der Waals surface area contributed by atoms with Crippen molar-refractivity contribution in [3.63, 3.8) is 0 Å². The third-order valence-corrected chi connectivity index (χ3v) is 5.14. The average Bonchev–Trinajstić information content (AvgIpc) is 2.47. The van der Waals surface area contributed by atoms with Crippen LogP contribution in [0.15, 0.2) is 21.5 Å². The van der Waals surface area contributed by atoms with Crippen LogP contribution in [0.5, 0.6) is 0 Å². The fourth-order valence-electron chi connectivity index (χ4n) is 1.65. The van der Waals surface area contributed by atoms with Crippen LogP contribution in [0.4, 0.5) is 0 Å². The van der Waals surface area contributed by atoms with E-state index in [0.717, 1.165) is 20.5 Å². The molecule has 21 heavy (non-hydrogen) atoms. The summed E-state index contributed by atoms with van der Waals surface area (Å²) in [6, 6.07) is 3.99. The van der Waals surface area contributed by atoms with Gasteiger partial charge in [0.05, 0.1) is 25.6 Å². The number of carbonyl (C=O) groups excluding carboxylic acids is 1. The van der Waals surface area contributed by atoms with Gasteiger partial charge >= 0.3 is 0 Å². The van der Waals surface area contributed by atoms with Crippen LogP contribution in [0.25, 0.3) is 0 Å². The highest BCUT2D eigenvalue weighted by Gasteiger charge is 2.29. The number of hydrogen-bond acceptors (Lipinski definition) is 5. The molecule has 0 aliphatic carbocycles. The summed E-state index contributed by atoms with van der Waals surface area (Å²) in [6.45, 7) is 2.37. The van der Waals surface area contributed by atoms with Gasteiger partial charge in [0.1, 0.15) is 5.54 Å². The lowest BCUT2D eigenvalue weighted by molar-refractivity contribution is -0.122. The summed E-state index contributed by atoms with van der Waals surface area (Å²) in [7, 11) is 0. The number of nitrogens with one attached hydrogen (secondary N) is 1. The van der Waals surface area contributed by atoms with Gasteiger partial charge in [-0.2, -0.15) is 0 Å². The van der Waals surface area contributed by atoms with Gasteiger partial charge in [-0.15, -0.1) is 11.8 Å². The molecule has 0 aliphatic rings. The Kier molecular flexibility index (Phi) is 7.15. The third-order valence-electron chi connectivity index (χ3n) is 3.13. The number of amides is 1. The maximum atomic E-state index is 11.9. The molecule has 0 fully saturated rings. The lowest BCUT2D eigenvalue weighted by atomic mass is 10.0. The molecule has 0 atom stereocenters. The highest BCUT2D eigenvalue weighted by molar-refractivity contribution is 9.10. The Morgan fingerprint density at radius 2 is 1.76 bits per heavy atom. The van der Waals surface area contributed by atoms with Crippen molar-refractivity contribution < 1.29 is 20.1 Å². The highest BCUT2D eigenvalue weighted by atomic mass is 79.9. The monoisotopic (exact) mass is 377 g/mol. The molecule has 0 aromatic heterocycles. The summed E-state index contributed by atoms with van der Waals surface area (Å²) in [6.07, 6.45) is 0. The van der Waals surface area contributed by atoms with Crippen molar-refractivity contribution in [2.24, 2.45) is 0 Å². The molecule has 1 rings (SSSR count). The summed E-state index contributed by atoms with van der Waals surface area (Å²) >= 11 is 4.83. The molecule has 7 heteroatoms. The number of aliphatic hydroxyl groups is 3. The standard InChI is InChI=1S/C14H20BrNO4S/c1-9-4-12(10(2)3-11(9)15)21-5-13(20)16-14(6-17,7-18)8-19/h3-4,17-19H,5-8H2,1-2H3,(H,16,20). The van der Waals surface area contributed by atoms with Crippen LogP contribution in [0.3, 0.4) is 0 Å². The van der Waals surface area contributed by atoms with Crippen molar-refractivity contribution in [2.45, 2.75) is 24.3 Å². The minimum Gasteiger partial charge on any atom is -0.394 e. The molecule has 0 heterocycles. The van der Waals surface area contributed by atoms with Gasteiger partial charge in [0.15, 0.2) is 0 Å². The van der Waals surface area contributed by atoms with Crippen LogP contribution in [-0.4, -0.2) is 52.3 Å². The molecule has 1 aromatic rings. The second-order valence-corrected chi connectivity index (χ2v) is 6.83. The zero-order chi connectivity index (χ0) is 16.0. The summed E-state index contributed by atoms with van der Waals surface area (Å²) in [5.41, 5.74) is 0.768. The lowest BCUT2D eigenvalue weighted by Gasteiger charge is -2.28. The van der Waals surface area contributed by atoms with Gasteiger partial charge in [-0.1, -0.05) is 15.9 Å². The Hall–Kier alpha value is -0.600. The quantitative estimate of drug-likeness (QED) is 0.532. The number of aryl methyl sites for hydroxylation is 2. The number of thioether (sulfide) groups is 1. The van der Waals surface area contributed by atoms with Crippen LogP contribution in [0.1, 0.15) is 11.1 Å². The number of hydrogen-bond donors (Lipinski definition) is 4. The highest BCUT2D eigenvalue weighted by Crippen LogP contribution is 2.28. The van der Waals surface area contributed by atoms with Gasteiger partial charge in [-0.05, 0) is 37.1 Å². The first kappa shape index (κ1) is 18.4. The number of aliphatic hydroxyl groups excluding tert-OH is 3. The Morgan fingerprint density at radius 1 is 1.19 bits per heavy atom. The summed E-state index contributed by atoms with van der Waals surface area (Å²) in [5.74, 6) is -0.207. The maximum Gasteiger partial charge on any atom is 0.231 e. The second kappa shape index (κ2) is 8.14. The van der Waals surface area contributed by atoms with E-state index in [1.165, 1.54) is 11.8 Å². The molecule has 0 radical (unpaired) electrons. The lowest BCUT2D eigenvalue weighted by Crippen LogP contribution is -2.57. The molecule has 0 unspecified atom stereocenters. The Labute approximate surface area is 136 Å². The number of rotatable bonds is 7. The Morgan fingerprint density at radius 3 is 2.29 bits per heavy atom. The molecule has 118 valence electrons. The molecule has 0 saturated carbocycles. The number of benzene rings is 1. The Balaban J connectivity index is 2.67. The van der Waals surface area contributed by atoms with Crippen molar-refractivity contribution in [1.82, 2.24) is 5.32 Å². The van der Waals surface area contributed by atoms with Crippen molar-refractivity contribution in [1.29, 1.82) is 0 Å². The van der Waals surface area contributed by atoms with E-state index in [-0.39, 0.29) is 11.7 Å². The molecule has 0 bridgehead atoms. The minimum absolute atomic E-state index is 0.143. The van der Waals surface area contributed by atoms with Gasteiger partial charge in [-0.25, -0.2) is 0 Å². The van der Waals surface area contributed by atoms with E-state index < -0.39 is 25.4 Å². The Bertz CT molecular complexity index is 498. The molecule has 0 aliphatic heterocycles. The zero-order valence-electron chi connectivity index (χ0n) is 12.0. The van der Waals surface area contributed by atoms with E-state index in [2.05, 4.69) is 21.2 Å². The molecular formula is C14H20BrNO4S. The predicted octanol–water partition coefficient (Wildman–Crippen LogP) is 0.990. The van der Waals surface area contributed by atoms with E-state index in [1.54, 1.807) is 0 Å². The van der Waals surface area contributed by atoms with E-state index in [1.807, 2.05) is 26.0 Å². The fraction of sp³-hybridized carbons (Fsp3) is 0.500. The van der Waals surface area contributed by atoms with E-state index in [9.17, 15) is 20.1 Å². The van der Waals surface area contributed by atoms with Crippen LogP contribution >= 0.6 is 27.7 Å². The third kappa shape index (κ3) is 4.96. The molecule has 5 nitrogen and oxygen atoms in total. The van der Waals surface area contributed by atoms with Crippen LogP contribution in [0.2, 0.25) is 0 Å². The first-order valence-electron chi connectivity index (χ1n) is 6.40. The predicted molar refractivity (Wildman–Crippen MR) is 86.5 cm³/mol. The van der Waals surface area contributed by atoms with E-state index in [0.29, 0.717) is 0 Å². The topological polar surface area (TPSA) is 89.8 Å². The van der Waals surface area contributed by atoms with Gasteiger partial charge in [0.2, 0.25) is 5.91 Å². The molecule has 1 aromatic carbocycles. The van der Waals surface area contributed by atoms with Crippen molar-refractivity contribution in [3.8, 4) is 0 Å². The first-order chi connectivity index (χ1) is 9.87. The second-order valence-electron chi connectivity index (χ2n) is 4.96. The average molecular weight is 378 g/mol. The number of carbonyl (C=O) groups is 1. The first-order valence-corrected chi connectivity index (χ1v) is 8.18. The largest absolute Gasteiger partial charge is 0.394 e. The van der Waals surface area contributed by atoms with Gasteiger partial charge in [-0.3, -0.25) is 4.79 Å². The fourth-order valence-corrected chi connectivity index (χ4v) is 3.02. The van der Waals surface area contributed by atoms with Gasteiger partial charge in [0, 0.05) is 9.37 Å².